The zero-order valence-electron chi connectivity index (χ0n) is 18.5. The summed E-state index contributed by atoms with van der Waals surface area (Å²) in [5, 5.41) is 9.11. The summed E-state index contributed by atoms with van der Waals surface area (Å²) in [6.07, 6.45) is 27.3. The predicted octanol–water partition coefficient (Wildman–Crippen LogP) is 5.38. The highest BCUT2D eigenvalue weighted by Gasteiger charge is 2.14. The van der Waals surface area contributed by atoms with Crippen molar-refractivity contribution in [3.05, 3.63) is 60.8 Å². The van der Waals surface area contributed by atoms with Gasteiger partial charge in [0.25, 0.3) is 0 Å². The Bertz CT molecular complexity index is 584. The number of esters is 2. The molecule has 0 radical (unpaired) electrons. The molecule has 1 unspecified atom stereocenters. The quantitative estimate of drug-likeness (QED) is 0.195. The largest absolute Gasteiger partial charge is 0.462 e. The van der Waals surface area contributed by atoms with E-state index >= 15 is 0 Å². The maximum atomic E-state index is 11.7. The molecule has 5 heteroatoms. The molecule has 168 valence electrons. The first-order valence-electron chi connectivity index (χ1n) is 10.8. The number of allylic oxidation sites excluding steroid dienone is 10. The van der Waals surface area contributed by atoms with Gasteiger partial charge in [-0.2, -0.15) is 0 Å². The fourth-order valence-electron chi connectivity index (χ4n) is 2.31. The highest BCUT2D eigenvalue weighted by molar-refractivity contribution is 5.69. The van der Waals surface area contributed by atoms with E-state index < -0.39 is 18.0 Å². The number of hydrogen-bond acceptors (Lipinski definition) is 5. The summed E-state index contributed by atoms with van der Waals surface area (Å²) in [4.78, 5) is 22.4. The summed E-state index contributed by atoms with van der Waals surface area (Å²) in [6, 6.07) is 0. The second-order valence-corrected chi connectivity index (χ2v) is 6.70. The van der Waals surface area contributed by atoms with Gasteiger partial charge in [-0.1, -0.05) is 67.7 Å². The molecule has 0 saturated heterocycles. The van der Waals surface area contributed by atoms with Gasteiger partial charge in [-0.3, -0.25) is 9.59 Å². The first-order chi connectivity index (χ1) is 14.6. The van der Waals surface area contributed by atoms with Gasteiger partial charge in [-0.05, 0) is 44.9 Å². The Labute approximate surface area is 181 Å². The third-order valence-corrected chi connectivity index (χ3v) is 3.88. The second kappa shape index (κ2) is 21.3. The minimum absolute atomic E-state index is 0.119. The highest BCUT2D eigenvalue weighted by Crippen LogP contribution is 2.03. The number of ether oxygens (including phenoxy) is 2. The van der Waals surface area contributed by atoms with E-state index in [-0.39, 0.29) is 19.6 Å². The monoisotopic (exact) mass is 418 g/mol. The zero-order valence-corrected chi connectivity index (χ0v) is 18.5. The Morgan fingerprint density at radius 1 is 0.833 bits per heavy atom. The molecule has 1 N–H and O–H groups in total. The molecule has 0 aliphatic carbocycles. The molecule has 0 amide bonds. The van der Waals surface area contributed by atoms with E-state index in [2.05, 4.69) is 61.6 Å². The van der Waals surface area contributed by atoms with Gasteiger partial charge in [0, 0.05) is 13.3 Å². The smallest absolute Gasteiger partial charge is 0.306 e. The van der Waals surface area contributed by atoms with Crippen LogP contribution in [0.2, 0.25) is 0 Å². The summed E-state index contributed by atoms with van der Waals surface area (Å²) in [5.41, 5.74) is 0. The Balaban J connectivity index is 3.69. The summed E-state index contributed by atoms with van der Waals surface area (Å²) in [6.45, 7) is 2.92. The van der Waals surface area contributed by atoms with Crippen LogP contribution in [-0.2, 0) is 19.1 Å². The Kier molecular flexibility index (Phi) is 19.6. The van der Waals surface area contributed by atoms with E-state index in [0.717, 1.165) is 38.5 Å². The van der Waals surface area contributed by atoms with E-state index in [0.29, 0.717) is 6.42 Å². The predicted molar refractivity (Wildman–Crippen MR) is 122 cm³/mol. The lowest BCUT2D eigenvalue weighted by Gasteiger charge is -2.14. The zero-order chi connectivity index (χ0) is 22.3. The maximum absolute atomic E-state index is 11.7. The van der Waals surface area contributed by atoms with Gasteiger partial charge in [-0.15, -0.1) is 0 Å². The van der Waals surface area contributed by atoms with Crippen molar-refractivity contribution < 1.29 is 24.2 Å². The van der Waals surface area contributed by atoms with Crippen molar-refractivity contribution in [2.45, 2.75) is 71.3 Å². The molecule has 0 saturated carbocycles. The van der Waals surface area contributed by atoms with E-state index in [1.807, 2.05) is 6.08 Å². The van der Waals surface area contributed by atoms with Crippen LogP contribution in [0.1, 0.15) is 65.2 Å². The van der Waals surface area contributed by atoms with Crippen molar-refractivity contribution in [3.63, 3.8) is 0 Å². The number of carbonyl (C=O) groups is 2. The van der Waals surface area contributed by atoms with E-state index in [4.69, 9.17) is 14.6 Å². The molecule has 0 fully saturated rings. The molecule has 1 atom stereocenters. The molecule has 0 heterocycles. The molecule has 0 aromatic heterocycles. The summed E-state index contributed by atoms with van der Waals surface area (Å²) < 4.78 is 9.80. The van der Waals surface area contributed by atoms with Crippen molar-refractivity contribution in [1.29, 1.82) is 0 Å². The third-order valence-electron chi connectivity index (χ3n) is 3.88. The maximum Gasteiger partial charge on any atom is 0.306 e. The first kappa shape index (κ1) is 27.6. The average molecular weight is 419 g/mol. The van der Waals surface area contributed by atoms with E-state index in [9.17, 15) is 9.59 Å². The summed E-state index contributed by atoms with van der Waals surface area (Å²) in [5.74, 6) is -0.864. The molecule has 0 rings (SSSR count). The number of aliphatic hydroxyl groups is 1. The van der Waals surface area contributed by atoms with Crippen LogP contribution in [0.3, 0.4) is 0 Å². The van der Waals surface area contributed by atoms with Crippen molar-refractivity contribution in [2.75, 3.05) is 13.2 Å². The van der Waals surface area contributed by atoms with Crippen molar-refractivity contribution in [1.82, 2.24) is 0 Å². The van der Waals surface area contributed by atoms with Crippen molar-refractivity contribution >= 4 is 11.9 Å². The number of unbranched alkanes of at least 4 members (excludes halogenated alkanes) is 1. The molecule has 0 aromatic rings. The number of hydrogen-bond donors (Lipinski definition) is 1. The van der Waals surface area contributed by atoms with Crippen LogP contribution in [0.4, 0.5) is 0 Å². The normalized spacial score (nSPS) is 13.3. The fraction of sp³-hybridized carbons (Fsp3) is 0.520. The minimum Gasteiger partial charge on any atom is -0.462 e. The molecule has 0 spiro atoms. The topological polar surface area (TPSA) is 72.8 Å². The van der Waals surface area contributed by atoms with Gasteiger partial charge in [0.2, 0.25) is 0 Å². The van der Waals surface area contributed by atoms with Crippen LogP contribution in [-0.4, -0.2) is 36.4 Å². The minimum atomic E-state index is -0.796. The molecule has 0 aliphatic rings. The lowest BCUT2D eigenvalue weighted by atomic mass is 10.2. The van der Waals surface area contributed by atoms with Crippen LogP contribution >= 0.6 is 0 Å². The van der Waals surface area contributed by atoms with Crippen LogP contribution in [0.15, 0.2) is 60.8 Å². The average Bonchev–Trinajstić information content (AvgIpc) is 2.73. The van der Waals surface area contributed by atoms with Crippen molar-refractivity contribution in [3.8, 4) is 0 Å². The third kappa shape index (κ3) is 20.3. The van der Waals surface area contributed by atoms with E-state index in [1.165, 1.54) is 6.92 Å². The van der Waals surface area contributed by atoms with E-state index in [1.54, 1.807) is 0 Å². The van der Waals surface area contributed by atoms with Crippen LogP contribution in [0.25, 0.3) is 0 Å². The number of carbonyl (C=O) groups excluding carboxylic acids is 2. The molecule has 5 nitrogen and oxygen atoms in total. The SMILES string of the molecule is CC/C=C\C/C=C\C/C=C\C/C=C\C/C=C\CCCC(=O)OC(CO)COC(C)=O. The summed E-state index contributed by atoms with van der Waals surface area (Å²) >= 11 is 0. The van der Waals surface area contributed by atoms with Gasteiger partial charge in [-0.25, -0.2) is 0 Å². The Morgan fingerprint density at radius 2 is 1.33 bits per heavy atom. The number of aliphatic hydroxyl groups excluding tert-OH is 1. The Morgan fingerprint density at radius 3 is 1.80 bits per heavy atom. The van der Waals surface area contributed by atoms with Gasteiger partial charge < -0.3 is 14.6 Å². The number of rotatable bonds is 17. The first-order valence-corrected chi connectivity index (χ1v) is 10.8. The van der Waals surface area contributed by atoms with Gasteiger partial charge >= 0.3 is 11.9 Å². The molecular formula is C25H38O5. The Hall–Kier alpha value is -2.40. The van der Waals surface area contributed by atoms with Crippen LogP contribution in [0.5, 0.6) is 0 Å². The highest BCUT2D eigenvalue weighted by atomic mass is 16.6. The molecule has 0 bridgehead atoms. The standard InChI is InChI=1S/C25H38O5/c1-3-4-5-6-7-8-9-10-11-12-13-14-15-16-17-18-19-20-25(28)30-24(21-26)22-29-23(2)27/h4-5,7-8,10-11,13-14,16-17,24,26H,3,6,9,12,15,18-22H2,1-2H3/b5-4-,8-7-,11-10-,14-13-,17-16-. The molecule has 30 heavy (non-hydrogen) atoms. The second-order valence-electron chi connectivity index (χ2n) is 6.70. The van der Waals surface area contributed by atoms with Gasteiger partial charge in [0.15, 0.2) is 6.10 Å². The van der Waals surface area contributed by atoms with Crippen LogP contribution in [0, 0.1) is 0 Å². The summed E-state index contributed by atoms with van der Waals surface area (Å²) in [7, 11) is 0. The fourth-order valence-corrected chi connectivity index (χ4v) is 2.31. The molecule has 0 aliphatic heterocycles. The van der Waals surface area contributed by atoms with Gasteiger partial charge in [0.05, 0.1) is 6.61 Å². The lowest BCUT2D eigenvalue weighted by molar-refractivity contribution is -0.160. The molecule has 0 aromatic carbocycles. The molecular weight excluding hydrogens is 380 g/mol. The van der Waals surface area contributed by atoms with Gasteiger partial charge in [0.1, 0.15) is 6.61 Å². The lowest BCUT2D eigenvalue weighted by Crippen LogP contribution is -2.28. The van der Waals surface area contributed by atoms with Crippen molar-refractivity contribution in [2.24, 2.45) is 0 Å². The van der Waals surface area contributed by atoms with Crippen LogP contribution < -0.4 is 0 Å².